The number of unbranched alkanes of at least 4 members (excludes halogenated alkanes) is 44. The van der Waals surface area contributed by atoms with E-state index < -0.39 is 20.0 Å². The zero-order valence-corrected chi connectivity index (χ0v) is 55.0. The monoisotopic (exact) mass is 1150 g/mol. The van der Waals surface area contributed by atoms with Crippen molar-refractivity contribution >= 4 is 19.7 Å². The van der Waals surface area contributed by atoms with Crippen molar-refractivity contribution in [1.29, 1.82) is 0 Å². The van der Waals surface area contributed by atoms with E-state index in [2.05, 4.69) is 50.4 Å². The Hall–Kier alpha value is -1.77. The van der Waals surface area contributed by atoms with E-state index in [4.69, 9.17) is 13.8 Å². The minimum absolute atomic E-state index is 0.0435. The summed E-state index contributed by atoms with van der Waals surface area (Å²) in [6, 6.07) is -0.844. The molecule has 0 saturated carbocycles. The quantitative estimate of drug-likeness (QED) is 0.0205. The third-order valence-electron chi connectivity index (χ3n) is 15.8. The zero-order valence-electron chi connectivity index (χ0n) is 54.1. The summed E-state index contributed by atoms with van der Waals surface area (Å²) in [6.07, 6.45) is 74.4. The summed E-state index contributed by atoms with van der Waals surface area (Å²) in [5, 5.41) is 3.07. The molecule has 0 saturated heterocycles. The number of allylic oxidation sites excluding steroid dienone is 5. The maximum Gasteiger partial charge on any atom is 0.472 e. The minimum Gasteiger partial charge on any atom is -0.456 e. The Morgan fingerprint density at radius 1 is 0.438 bits per heavy atom. The molecule has 0 aromatic heterocycles. The SMILES string of the molecule is CCCCC/C=C\C/C=C\CCCCCCCCCCCCCCCCCC(=O)NC(COP(=O)(O)OCC[N+](C)(C)C)C(/C=C\CCCCCCCCCCCC)OC(=O)CCCCCCCCCCCCCCCCCCC. The standard InChI is InChI=1S/C70H135N2O7P/c1-7-10-13-16-19-22-25-28-30-32-33-34-35-36-37-38-39-41-42-44-47-50-53-56-59-62-69(73)71-67(66-78-80(75,76)77-65-64-72(4,5)6)68(61-58-55-52-49-46-27-24-21-18-15-12-9-3)79-70(74)63-60-57-54-51-48-45-43-40-31-29-26-23-20-17-14-11-8-2/h19,22,28,30,58,61,67-68H,7-18,20-21,23-27,29,31-57,59-60,62-66H2,1-6H3,(H-,71,73,75,76)/p+1/b22-19-,30-28-,61-58-. The Morgan fingerprint density at radius 3 is 1.15 bits per heavy atom. The van der Waals surface area contributed by atoms with E-state index >= 15 is 0 Å². The fraction of sp³-hybridized carbons (Fsp3) is 0.886. The molecule has 0 aromatic rings. The van der Waals surface area contributed by atoms with Gasteiger partial charge in [0, 0.05) is 12.8 Å². The molecule has 1 amide bonds. The van der Waals surface area contributed by atoms with Crippen LogP contribution in [0.2, 0.25) is 0 Å². The smallest absolute Gasteiger partial charge is 0.456 e. The lowest BCUT2D eigenvalue weighted by Gasteiger charge is -2.27. The molecule has 3 unspecified atom stereocenters. The average Bonchev–Trinajstić information content (AvgIpc) is 3.42. The molecule has 2 N–H and O–H groups in total. The maximum atomic E-state index is 13.6. The molecular weight excluding hydrogens is 1010 g/mol. The fourth-order valence-corrected chi connectivity index (χ4v) is 11.2. The van der Waals surface area contributed by atoms with Gasteiger partial charge < -0.3 is 19.4 Å². The number of ether oxygens (including phenoxy) is 1. The highest BCUT2D eigenvalue weighted by Gasteiger charge is 2.30. The van der Waals surface area contributed by atoms with Crippen molar-refractivity contribution in [2.75, 3.05) is 40.9 Å². The van der Waals surface area contributed by atoms with Crippen LogP contribution in [0.1, 0.15) is 348 Å². The first-order chi connectivity index (χ1) is 38.9. The first-order valence-corrected chi connectivity index (χ1v) is 36.3. The summed E-state index contributed by atoms with van der Waals surface area (Å²) in [5.74, 6) is -0.485. The van der Waals surface area contributed by atoms with Gasteiger partial charge in [0.25, 0.3) is 0 Å². The number of amides is 1. The Bertz CT molecular complexity index is 1460. The second kappa shape index (κ2) is 60.4. The molecule has 0 rings (SSSR count). The predicted octanol–water partition coefficient (Wildman–Crippen LogP) is 21.8. The van der Waals surface area contributed by atoms with Crippen LogP contribution in [0.25, 0.3) is 0 Å². The molecule has 0 aliphatic heterocycles. The lowest BCUT2D eigenvalue weighted by Crippen LogP contribution is -2.47. The van der Waals surface area contributed by atoms with Gasteiger partial charge in [0.1, 0.15) is 19.3 Å². The molecule has 80 heavy (non-hydrogen) atoms. The van der Waals surface area contributed by atoms with Crippen molar-refractivity contribution in [3.05, 3.63) is 36.5 Å². The van der Waals surface area contributed by atoms with Crippen molar-refractivity contribution in [3.8, 4) is 0 Å². The number of quaternary nitrogens is 1. The summed E-state index contributed by atoms with van der Waals surface area (Å²) in [6.45, 7) is 7.04. The third kappa shape index (κ3) is 60.8. The zero-order chi connectivity index (χ0) is 58.6. The van der Waals surface area contributed by atoms with Crippen LogP contribution in [0.15, 0.2) is 36.5 Å². The number of hydrogen-bond donors (Lipinski definition) is 2. The topological polar surface area (TPSA) is 111 Å². The van der Waals surface area contributed by atoms with Crippen LogP contribution in [-0.4, -0.2) is 74.3 Å². The molecule has 0 spiro atoms. The number of carbonyl (C=O) groups excluding carboxylic acids is 2. The number of phosphoric acid groups is 1. The Balaban J connectivity index is 5.03. The number of nitrogens with one attached hydrogen (secondary N) is 1. The minimum atomic E-state index is -4.45. The van der Waals surface area contributed by atoms with Gasteiger partial charge in [-0.05, 0) is 63.9 Å². The molecule has 0 fully saturated rings. The number of carbonyl (C=O) groups is 2. The van der Waals surface area contributed by atoms with Crippen LogP contribution in [-0.2, 0) is 27.9 Å². The summed E-state index contributed by atoms with van der Waals surface area (Å²) < 4.78 is 30.8. The van der Waals surface area contributed by atoms with Crippen molar-refractivity contribution in [2.24, 2.45) is 0 Å². The molecule has 9 nitrogen and oxygen atoms in total. The second-order valence-corrected chi connectivity index (χ2v) is 26.5. The van der Waals surface area contributed by atoms with Crippen LogP contribution >= 0.6 is 7.82 Å². The number of likely N-dealkylation sites (N-methyl/N-ethyl adjacent to an activating group) is 1. The number of rotatable bonds is 64. The van der Waals surface area contributed by atoms with Crippen molar-refractivity contribution in [1.82, 2.24) is 5.32 Å². The largest absolute Gasteiger partial charge is 0.472 e. The molecule has 0 aliphatic rings. The van der Waals surface area contributed by atoms with E-state index in [1.807, 2.05) is 33.3 Å². The van der Waals surface area contributed by atoms with Crippen molar-refractivity contribution < 1.29 is 37.3 Å². The van der Waals surface area contributed by atoms with E-state index in [0.29, 0.717) is 23.9 Å². The molecule has 0 aliphatic carbocycles. The van der Waals surface area contributed by atoms with E-state index in [0.717, 1.165) is 64.2 Å². The molecule has 472 valence electrons. The number of nitrogens with zero attached hydrogens (tertiary/aromatic N) is 1. The molecular formula is C70H136N2O7P+. The summed E-state index contributed by atoms with van der Waals surface area (Å²) in [7, 11) is 1.51. The van der Waals surface area contributed by atoms with Crippen LogP contribution in [0.5, 0.6) is 0 Å². The Labute approximate surface area is 497 Å². The summed E-state index contributed by atoms with van der Waals surface area (Å²) >= 11 is 0. The normalized spacial score (nSPS) is 13.7. The molecule has 0 aromatic carbocycles. The van der Waals surface area contributed by atoms with Gasteiger partial charge in [0.2, 0.25) is 5.91 Å². The lowest BCUT2D eigenvalue weighted by molar-refractivity contribution is -0.870. The van der Waals surface area contributed by atoms with Crippen LogP contribution in [0.3, 0.4) is 0 Å². The van der Waals surface area contributed by atoms with E-state index in [1.165, 1.54) is 250 Å². The number of esters is 1. The van der Waals surface area contributed by atoms with Gasteiger partial charge in [-0.25, -0.2) is 4.57 Å². The average molecular weight is 1150 g/mol. The van der Waals surface area contributed by atoms with Crippen LogP contribution in [0, 0.1) is 0 Å². The predicted molar refractivity (Wildman–Crippen MR) is 346 cm³/mol. The van der Waals surface area contributed by atoms with Gasteiger partial charge in [-0.15, -0.1) is 0 Å². The first-order valence-electron chi connectivity index (χ1n) is 34.8. The Morgan fingerprint density at radius 2 is 0.762 bits per heavy atom. The second-order valence-electron chi connectivity index (χ2n) is 25.1. The highest BCUT2D eigenvalue weighted by Crippen LogP contribution is 2.43. The van der Waals surface area contributed by atoms with Crippen molar-refractivity contribution in [2.45, 2.75) is 360 Å². The van der Waals surface area contributed by atoms with Gasteiger partial charge in [0.05, 0.1) is 33.8 Å². The van der Waals surface area contributed by atoms with Crippen LogP contribution < -0.4 is 5.32 Å². The molecule has 0 bridgehead atoms. The molecule has 3 atom stereocenters. The maximum absolute atomic E-state index is 13.6. The van der Waals surface area contributed by atoms with Gasteiger partial charge in [-0.2, -0.15) is 0 Å². The van der Waals surface area contributed by atoms with Gasteiger partial charge >= 0.3 is 13.8 Å². The molecule has 10 heteroatoms. The summed E-state index contributed by atoms with van der Waals surface area (Å²) in [4.78, 5) is 37.8. The van der Waals surface area contributed by atoms with E-state index in [1.54, 1.807) is 0 Å². The number of phosphoric ester groups is 1. The molecule has 0 radical (unpaired) electrons. The van der Waals surface area contributed by atoms with E-state index in [9.17, 15) is 19.0 Å². The lowest BCUT2D eigenvalue weighted by atomic mass is 10.0. The van der Waals surface area contributed by atoms with Gasteiger partial charge in [-0.1, -0.05) is 308 Å². The fourth-order valence-electron chi connectivity index (χ4n) is 10.4. The van der Waals surface area contributed by atoms with Gasteiger partial charge in [0.15, 0.2) is 0 Å². The third-order valence-corrected chi connectivity index (χ3v) is 16.8. The van der Waals surface area contributed by atoms with Crippen molar-refractivity contribution in [3.63, 3.8) is 0 Å². The van der Waals surface area contributed by atoms with E-state index in [-0.39, 0.29) is 25.1 Å². The first kappa shape index (κ1) is 78.2. The van der Waals surface area contributed by atoms with Crippen LogP contribution in [0.4, 0.5) is 0 Å². The number of hydrogen-bond acceptors (Lipinski definition) is 6. The molecule has 0 heterocycles. The highest BCUT2D eigenvalue weighted by molar-refractivity contribution is 7.47. The van der Waals surface area contributed by atoms with Gasteiger partial charge in [-0.3, -0.25) is 18.6 Å². The summed E-state index contributed by atoms with van der Waals surface area (Å²) in [5.41, 5.74) is 0. The Kier molecular flexibility index (Phi) is 59.0. The highest BCUT2D eigenvalue weighted by atomic mass is 31.2.